The summed E-state index contributed by atoms with van der Waals surface area (Å²) in [5, 5.41) is 2.03. The van der Waals surface area contributed by atoms with Crippen LogP contribution in [0.1, 0.15) is 139 Å². The molecule has 0 bridgehead atoms. The van der Waals surface area contributed by atoms with E-state index in [1.165, 1.54) is 41.3 Å². The van der Waals surface area contributed by atoms with Crippen molar-refractivity contribution < 1.29 is 0 Å². The highest BCUT2D eigenvalue weighted by Gasteiger charge is 2.47. The average Bonchev–Trinajstić information content (AvgIpc) is 2.76. The summed E-state index contributed by atoms with van der Waals surface area (Å²) in [6, 6.07) is 5.10. The lowest BCUT2D eigenvalue weighted by Gasteiger charge is -2.52. The van der Waals surface area contributed by atoms with Crippen LogP contribution in [-0.2, 0) is 0 Å². The Kier molecular flexibility index (Phi) is 8.10. The predicted molar refractivity (Wildman–Crippen MR) is 162 cm³/mol. The van der Waals surface area contributed by atoms with E-state index in [1.807, 2.05) is 0 Å². The van der Waals surface area contributed by atoms with Gasteiger partial charge in [0.25, 0.3) is 0 Å². The van der Waals surface area contributed by atoms with Gasteiger partial charge in [0.2, 0.25) is 0 Å². The van der Waals surface area contributed by atoms with Crippen LogP contribution in [0, 0.1) is 33.1 Å². The van der Waals surface area contributed by atoms with Crippen LogP contribution in [-0.4, -0.2) is 11.3 Å². The van der Waals surface area contributed by atoms with Gasteiger partial charge in [-0.25, -0.2) is 0 Å². The molecule has 1 heterocycles. The zero-order valence-corrected chi connectivity index (χ0v) is 26.3. The van der Waals surface area contributed by atoms with Gasteiger partial charge in [0.05, 0.1) is 0 Å². The minimum absolute atomic E-state index is 0.292. The molecular formula is C34H53P. The fourth-order valence-electron chi connectivity index (χ4n) is 6.20. The Bertz CT molecular complexity index is 1070. The fraction of sp³-hybridized carbons (Fsp3) is 0.647. The zero-order chi connectivity index (χ0) is 26.6. The molecule has 194 valence electrons. The highest BCUT2D eigenvalue weighted by molar-refractivity contribution is 7.67. The van der Waals surface area contributed by atoms with Crippen LogP contribution in [0.3, 0.4) is 0 Å². The quantitative estimate of drug-likeness (QED) is 0.364. The van der Waals surface area contributed by atoms with Gasteiger partial charge in [-0.1, -0.05) is 89.3 Å². The van der Waals surface area contributed by atoms with E-state index in [0.29, 0.717) is 28.3 Å². The SMILES string of the molecule is Cc1c(C)c(C)c(P2CCCC(C)(C)C2(C)C)c(-c2c(C(C)C)cc(C(C)C)cc2C(C)C)c1C. The third-order valence-corrected chi connectivity index (χ3v) is 13.6. The molecule has 0 aliphatic carbocycles. The number of benzene rings is 2. The van der Waals surface area contributed by atoms with Gasteiger partial charge in [-0.15, -0.1) is 0 Å². The van der Waals surface area contributed by atoms with Gasteiger partial charge in [0, 0.05) is 0 Å². The Hall–Kier alpha value is -1.13. The summed E-state index contributed by atoms with van der Waals surface area (Å²) in [6.07, 6.45) is 4.06. The van der Waals surface area contributed by atoms with E-state index in [2.05, 4.69) is 109 Å². The third-order valence-electron chi connectivity index (χ3n) is 9.82. The van der Waals surface area contributed by atoms with Gasteiger partial charge in [-0.05, 0) is 130 Å². The molecule has 0 nitrogen and oxygen atoms in total. The van der Waals surface area contributed by atoms with Crippen molar-refractivity contribution in [3.8, 4) is 11.1 Å². The van der Waals surface area contributed by atoms with Crippen LogP contribution in [0.25, 0.3) is 11.1 Å². The first-order chi connectivity index (χ1) is 16.0. The second-order valence-electron chi connectivity index (χ2n) is 13.5. The molecule has 0 spiro atoms. The summed E-state index contributed by atoms with van der Waals surface area (Å²) < 4.78 is 0. The summed E-state index contributed by atoms with van der Waals surface area (Å²) in [4.78, 5) is 0. The molecule has 2 aromatic carbocycles. The summed E-state index contributed by atoms with van der Waals surface area (Å²) in [7, 11) is -0.292. The van der Waals surface area contributed by atoms with Crippen molar-refractivity contribution in [2.75, 3.05) is 6.16 Å². The van der Waals surface area contributed by atoms with Gasteiger partial charge < -0.3 is 0 Å². The Morgan fingerprint density at radius 2 is 1.14 bits per heavy atom. The first-order valence-electron chi connectivity index (χ1n) is 14.1. The molecule has 1 fully saturated rings. The van der Waals surface area contributed by atoms with E-state index in [-0.39, 0.29) is 7.92 Å². The van der Waals surface area contributed by atoms with Crippen LogP contribution in [0.5, 0.6) is 0 Å². The van der Waals surface area contributed by atoms with E-state index in [4.69, 9.17) is 0 Å². The summed E-state index contributed by atoms with van der Waals surface area (Å²) in [5.41, 5.74) is 14.2. The van der Waals surface area contributed by atoms with E-state index in [1.54, 1.807) is 33.1 Å². The number of rotatable bonds is 5. The Morgan fingerprint density at radius 1 is 0.657 bits per heavy atom. The Morgan fingerprint density at radius 3 is 1.60 bits per heavy atom. The molecule has 1 atom stereocenters. The maximum Gasteiger partial charge on any atom is -0.00595 e. The smallest absolute Gasteiger partial charge is 0.00595 e. The summed E-state index contributed by atoms with van der Waals surface area (Å²) in [5.74, 6) is 1.54. The first-order valence-corrected chi connectivity index (χ1v) is 15.6. The summed E-state index contributed by atoms with van der Waals surface area (Å²) in [6.45, 7) is 34.1. The molecule has 1 aliphatic rings. The second kappa shape index (κ2) is 9.97. The lowest BCUT2D eigenvalue weighted by molar-refractivity contribution is 0.242. The molecule has 1 unspecified atom stereocenters. The molecule has 0 saturated carbocycles. The fourth-order valence-corrected chi connectivity index (χ4v) is 9.98. The molecule has 1 heteroatoms. The molecule has 0 aromatic heterocycles. The van der Waals surface area contributed by atoms with Crippen molar-refractivity contribution in [2.45, 2.75) is 133 Å². The molecule has 3 rings (SSSR count). The third kappa shape index (κ3) is 4.79. The molecule has 1 saturated heterocycles. The molecule has 0 N–H and O–H groups in total. The summed E-state index contributed by atoms with van der Waals surface area (Å²) >= 11 is 0. The van der Waals surface area contributed by atoms with E-state index < -0.39 is 0 Å². The van der Waals surface area contributed by atoms with Crippen molar-refractivity contribution in [3.05, 3.63) is 51.1 Å². The van der Waals surface area contributed by atoms with Crippen molar-refractivity contribution in [1.82, 2.24) is 0 Å². The zero-order valence-electron chi connectivity index (χ0n) is 25.5. The van der Waals surface area contributed by atoms with Gasteiger partial charge in [-0.2, -0.15) is 0 Å². The van der Waals surface area contributed by atoms with E-state index in [9.17, 15) is 0 Å². The number of hydrogen-bond acceptors (Lipinski definition) is 0. The Balaban J connectivity index is 2.54. The minimum Gasteiger partial charge on any atom is -0.0680 e. The minimum atomic E-state index is -0.292. The van der Waals surface area contributed by atoms with Crippen molar-refractivity contribution in [3.63, 3.8) is 0 Å². The topological polar surface area (TPSA) is 0 Å². The molecule has 2 aromatic rings. The van der Waals surface area contributed by atoms with Crippen molar-refractivity contribution in [2.24, 2.45) is 5.41 Å². The van der Waals surface area contributed by atoms with Crippen LogP contribution < -0.4 is 5.30 Å². The Labute approximate surface area is 219 Å². The maximum atomic E-state index is 2.58. The average molecular weight is 493 g/mol. The van der Waals surface area contributed by atoms with Crippen molar-refractivity contribution >= 4 is 13.2 Å². The van der Waals surface area contributed by atoms with Crippen molar-refractivity contribution in [1.29, 1.82) is 0 Å². The highest BCUT2D eigenvalue weighted by Crippen LogP contribution is 2.64. The molecule has 0 amide bonds. The van der Waals surface area contributed by atoms with Crippen LogP contribution in [0.2, 0.25) is 0 Å². The highest BCUT2D eigenvalue weighted by atomic mass is 31.1. The largest absolute Gasteiger partial charge is 0.0680 e. The monoisotopic (exact) mass is 492 g/mol. The maximum absolute atomic E-state index is 2.58. The van der Waals surface area contributed by atoms with Gasteiger partial charge >= 0.3 is 0 Å². The normalized spacial score (nSPS) is 19.7. The van der Waals surface area contributed by atoms with Gasteiger partial charge in [0.1, 0.15) is 0 Å². The number of hydrogen-bond donors (Lipinski definition) is 0. The predicted octanol–water partition coefficient (Wildman–Crippen LogP) is 10.7. The van der Waals surface area contributed by atoms with E-state index in [0.717, 1.165) is 0 Å². The van der Waals surface area contributed by atoms with Crippen LogP contribution >= 0.6 is 7.92 Å². The second-order valence-corrected chi connectivity index (χ2v) is 16.3. The lowest BCUT2D eigenvalue weighted by atomic mass is 9.76. The molecule has 0 radical (unpaired) electrons. The molecule has 1 aliphatic heterocycles. The first kappa shape index (κ1) is 28.4. The van der Waals surface area contributed by atoms with E-state index >= 15 is 0 Å². The van der Waals surface area contributed by atoms with Gasteiger partial charge in [0.15, 0.2) is 0 Å². The molecule has 35 heavy (non-hydrogen) atoms. The standard InChI is InChI=1S/C34H53P/c1-20(2)27-18-28(21(3)4)31(29(19-27)22(5)6)30-25(9)23(7)24(8)26(10)32(30)35-17-15-16-33(11,12)34(35,13)14/h18-22H,15-17H2,1-14H3. The molecular weight excluding hydrogens is 439 g/mol. The van der Waals surface area contributed by atoms with Crippen LogP contribution in [0.15, 0.2) is 12.1 Å². The van der Waals surface area contributed by atoms with Crippen LogP contribution in [0.4, 0.5) is 0 Å². The van der Waals surface area contributed by atoms with Gasteiger partial charge in [-0.3, -0.25) is 0 Å². The lowest BCUT2D eigenvalue weighted by Crippen LogP contribution is -2.44.